The number of ether oxygens (including phenoxy) is 1. The van der Waals surface area contributed by atoms with Crippen LogP contribution in [0.15, 0.2) is 36.0 Å². The molecular weight excluding hydrogens is 475 g/mol. The van der Waals surface area contributed by atoms with Crippen molar-refractivity contribution in [3.63, 3.8) is 0 Å². The fourth-order valence-corrected chi connectivity index (χ4v) is 5.22. The summed E-state index contributed by atoms with van der Waals surface area (Å²) < 4.78 is 20.8. The van der Waals surface area contributed by atoms with Crippen molar-refractivity contribution in [3.8, 4) is 0 Å². The lowest BCUT2D eigenvalue weighted by Gasteiger charge is -2.42. The molecular formula is C24H27FN4O5S. The van der Waals surface area contributed by atoms with E-state index in [1.807, 2.05) is 4.90 Å². The molecule has 2 heterocycles. The van der Waals surface area contributed by atoms with Crippen molar-refractivity contribution in [2.24, 2.45) is 5.92 Å². The van der Waals surface area contributed by atoms with Crippen LogP contribution in [0.25, 0.3) is 6.08 Å². The second-order valence-electron chi connectivity index (χ2n) is 8.76. The number of thioether (sulfide) groups is 1. The quantitative estimate of drug-likeness (QED) is 0.429. The number of methoxy groups -OCH3 is 1. The molecule has 0 spiro atoms. The van der Waals surface area contributed by atoms with Gasteiger partial charge in [-0.25, -0.2) is 9.07 Å². The predicted molar refractivity (Wildman–Crippen MR) is 126 cm³/mol. The van der Waals surface area contributed by atoms with Crippen LogP contribution in [0.1, 0.15) is 43.5 Å². The highest BCUT2D eigenvalue weighted by Crippen LogP contribution is 2.44. The van der Waals surface area contributed by atoms with Gasteiger partial charge in [-0.2, -0.15) is 0 Å². The molecule has 1 saturated carbocycles. The first kappa shape index (κ1) is 25.2. The normalized spacial score (nSPS) is 22.7. The molecule has 1 aromatic heterocycles. The van der Waals surface area contributed by atoms with E-state index < -0.39 is 22.8 Å². The van der Waals surface area contributed by atoms with E-state index in [1.165, 1.54) is 31.0 Å². The molecule has 0 amide bonds. The number of ketones is 1. The van der Waals surface area contributed by atoms with Crippen molar-refractivity contribution < 1.29 is 28.6 Å². The highest BCUT2D eigenvalue weighted by Gasteiger charge is 2.45. The SMILES string of the molecule is COC(=O)Cn1nncc1/C=C1/CN(C(C(=O)C2CC2)c2ccccc2F)CCC1(O)SC(C)=O. The molecule has 2 atom stereocenters. The summed E-state index contributed by atoms with van der Waals surface area (Å²) in [6.45, 7) is 1.58. The Labute approximate surface area is 206 Å². The van der Waals surface area contributed by atoms with Gasteiger partial charge in [0.05, 0.1) is 25.0 Å². The van der Waals surface area contributed by atoms with Crippen LogP contribution in [0.4, 0.5) is 4.39 Å². The summed E-state index contributed by atoms with van der Waals surface area (Å²) in [7, 11) is 1.26. The molecule has 186 valence electrons. The zero-order valence-corrected chi connectivity index (χ0v) is 20.3. The number of likely N-dealkylation sites (tertiary alicyclic amines) is 1. The van der Waals surface area contributed by atoms with Crippen molar-refractivity contribution >= 4 is 34.7 Å². The summed E-state index contributed by atoms with van der Waals surface area (Å²) in [6.07, 6.45) is 4.75. The summed E-state index contributed by atoms with van der Waals surface area (Å²) in [5.41, 5.74) is 1.15. The van der Waals surface area contributed by atoms with Crippen molar-refractivity contribution in [1.82, 2.24) is 19.9 Å². The van der Waals surface area contributed by atoms with Crippen molar-refractivity contribution in [2.75, 3.05) is 20.2 Å². The van der Waals surface area contributed by atoms with E-state index in [1.54, 1.807) is 24.3 Å². The molecule has 9 nitrogen and oxygen atoms in total. The number of hydrogen-bond donors (Lipinski definition) is 1. The number of piperidine rings is 1. The summed E-state index contributed by atoms with van der Waals surface area (Å²) in [5, 5.41) is 18.9. The first-order chi connectivity index (χ1) is 16.7. The Balaban J connectivity index is 1.72. The molecule has 1 aromatic carbocycles. The fourth-order valence-electron chi connectivity index (χ4n) is 4.29. The monoisotopic (exact) mass is 502 g/mol. The van der Waals surface area contributed by atoms with E-state index in [4.69, 9.17) is 4.74 Å². The van der Waals surface area contributed by atoms with Gasteiger partial charge in [0.2, 0.25) is 0 Å². The van der Waals surface area contributed by atoms with Crippen molar-refractivity contribution in [1.29, 1.82) is 0 Å². The average Bonchev–Trinajstić information content (AvgIpc) is 3.58. The standard InChI is InChI=1S/C24H27FN4O5S/c1-15(30)35-24(33)9-10-28(13-17(24)11-18-12-26-27-29(18)14-21(31)34-2)22(23(32)16-7-8-16)19-5-3-4-6-20(19)25/h3-6,11-12,16,22,33H,7-10,13-14H2,1-2H3/b17-11-. The summed E-state index contributed by atoms with van der Waals surface area (Å²) in [5.74, 6) is -1.14. The van der Waals surface area contributed by atoms with E-state index in [0.717, 1.165) is 24.6 Å². The van der Waals surface area contributed by atoms with Crippen LogP contribution >= 0.6 is 11.8 Å². The lowest BCUT2D eigenvalue weighted by molar-refractivity contribution is -0.141. The van der Waals surface area contributed by atoms with Crippen molar-refractivity contribution in [3.05, 3.63) is 53.1 Å². The Morgan fingerprint density at radius 2 is 2.09 bits per heavy atom. The second kappa shape index (κ2) is 10.4. The zero-order chi connectivity index (χ0) is 25.2. The highest BCUT2D eigenvalue weighted by molar-refractivity contribution is 8.14. The summed E-state index contributed by atoms with van der Waals surface area (Å²) in [4.78, 5) is 37.3. The number of esters is 1. The van der Waals surface area contributed by atoms with Gasteiger partial charge in [-0.1, -0.05) is 23.4 Å². The van der Waals surface area contributed by atoms with Gasteiger partial charge in [0, 0.05) is 37.9 Å². The number of halogens is 1. The number of aliphatic hydroxyl groups is 1. The summed E-state index contributed by atoms with van der Waals surface area (Å²) in [6, 6.07) is 5.42. The number of carbonyl (C=O) groups excluding carboxylic acids is 3. The molecule has 4 rings (SSSR count). The minimum Gasteiger partial charge on any atom is -0.468 e. The predicted octanol–water partition coefficient (Wildman–Crippen LogP) is 2.37. The topological polar surface area (TPSA) is 115 Å². The smallest absolute Gasteiger partial charge is 0.327 e. The van der Waals surface area contributed by atoms with Gasteiger partial charge in [0.25, 0.3) is 0 Å². The Bertz CT molecular complexity index is 1160. The Hall–Kier alpha value is -2.89. The lowest BCUT2D eigenvalue weighted by atomic mass is 9.92. The maximum Gasteiger partial charge on any atom is 0.327 e. The van der Waals surface area contributed by atoms with Crippen LogP contribution in [-0.2, 0) is 25.7 Å². The van der Waals surface area contributed by atoms with Gasteiger partial charge in [-0.15, -0.1) is 5.10 Å². The van der Waals surface area contributed by atoms with Crippen LogP contribution in [0.5, 0.6) is 0 Å². The molecule has 2 fully saturated rings. The number of benzene rings is 1. The molecule has 2 aromatic rings. The molecule has 2 aliphatic rings. The van der Waals surface area contributed by atoms with E-state index >= 15 is 0 Å². The van der Waals surface area contributed by atoms with E-state index in [0.29, 0.717) is 16.8 Å². The second-order valence-corrected chi connectivity index (χ2v) is 10.2. The van der Waals surface area contributed by atoms with Crippen LogP contribution in [0, 0.1) is 11.7 Å². The Morgan fingerprint density at radius 1 is 1.34 bits per heavy atom. The number of carbonyl (C=O) groups is 3. The van der Waals surface area contributed by atoms with Gasteiger partial charge in [0.15, 0.2) is 10.9 Å². The molecule has 1 aliphatic heterocycles. The molecule has 11 heteroatoms. The first-order valence-electron chi connectivity index (χ1n) is 11.3. The summed E-state index contributed by atoms with van der Waals surface area (Å²) >= 11 is 0.793. The van der Waals surface area contributed by atoms with E-state index in [9.17, 15) is 23.9 Å². The average molecular weight is 503 g/mol. The largest absolute Gasteiger partial charge is 0.468 e. The van der Waals surface area contributed by atoms with E-state index in [2.05, 4.69) is 10.3 Å². The molecule has 1 N–H and O–H groups in total. The minimum atomic E-state index is -1.54. The third-order valence-electron chi connectivity index (χ3n) is 6.22. The number of hydrogen-bond acceptors (Lipinski definition) is 9. The Morgan fingerprint density at radius 3 is 2.74 bits per heavy atom. The number of rotatable bonds is 8. The Kier molecular flexibility index (Phi) is 7.48. The van der Waals surface area contributed by atoms with Crippen LogP contribution in [-0.4, -0.2) is 67.0 Å². The third-order valence-corrected chi connectivity index (χ3v) is 7.31. The minimum absolute atomic E-state index is 0.0449. The molecule has 1 saturated heterocycles. The van der Waals surface area contributed by atoms with Gasteiger partial charge in [-0.3, -0.25) is 19.3 Å². The molecule has 35 heavy (non-hydrogen) atoms. The number of nitrogens with zero attached hydrogens (tertiary/aromatic N) is 4. The third kappa shape index (κ3) is 5.68. The van der Waals surface area contributed by atoms with E-state index in [-0.39, 0.29) is 42.9 Å². The highest BCUT2D eigenvalue weighted by atomic mass is 32.2. The van der Waals surface area contributed by atoms with Gasteiger partial charge >= 0.3 is 5.97 Å². The molecule has 0 radical (unpaired) electrons. The van der Waals surface area contributed by atoms with Gasteiger partial charge in [-0.05, 0) is 42.3 Å². The zero-order valence-electron chi connectivity index (χ0n) is 19.5. The lowest BCUT2D eigenvalue weighted by Crippen LogP contribution is -2.48. The maximum atomic E-state index is 14.8. The number of aromatic nitrogens is 3. The number of Topliss-reactive ketones (excluding diaryl/α,β-unsaturated/α-hetero) is 1. The van der Waals surface area contributed by atoms with Gasteiger partial charge < -0.3 is 9.84 Å². The van der Waals surface area contributed by atoms with Crippen LogP contribution in [0.2, 0.25) is 0 Å². The van der Waals surface area contributed by atoms with Crippen LogP contribution in [0.3, 0.4) is 0 Å². The molecule has 1 aliphatic carbocycles. The van der Waals surface area contributed by atoms with Crippen LogP contribution < -0.4 is 0 Å². The maximum absolute atomic E-state index is 14.8. The molecule has 2 unspecified atom stereocenters. The van der Waals surface area contributed by atoms with Gasteiger partial charge in [0.1, 0.15) is 17.3 Å². The molecule has 0 bridgehead atoms. The first-order valence-corrected chi connectivity index (χ1v) is 12.1. The fraction of sp³-hybridized carbons (Fsp3) is 0.458. The van der Waals surface area contributed by atoms with Crippen molar-refractivity contribution in [2.45, 2.75) is 43.7 Å².